The molecule has 1 atom stereocenters. The van der Waals surface area contributed by atoms with E-state index >= 15 is 0 Å². The van der Waals surface area contributed by atoms with Crippen LogP contribution < -0.4 is 15.4 Å². The molecular formula is C25H22ClN3O4S. The van der Waals surface area contributed by atoms with E-state index in [0.717, 1.165) is 21.6 Å². The molecule has 3 aromatic rings. The van der Waals surface area contributed by atoms with E-state index in [4.69, 9.17) is 16.3 Å². The van der Waals surface area contributed by atoms with Gasteiger partial charge in [0.05, 0.1) is 16.4 Å². The third-order valence-corrected chi connectivity index (χ3v) is 6.63. The van der Waals surface area contributed by atoms with Crippen molar-refractivity contribution in [1.82, 2.24) is 10.3 Å². The molecule has 3 heterocycles. The second kappa shape index (κ2) is 10.2. The number of aromatic nitrogens is 1. The van der Waals surface area contributed by atoms with Gasteiger partial charge in [-0.2, -0.15) is 0 Å². The monoisotopic (exact) mass is 495 g/mol. The first kappa shape index (κ1) is 23.7. The van der Waals surface area contributed by atoms with E-state index in [1.54, 1.807) is 31.3 Å². The summed E-state index contributed by atoms with van der Waals surface area (Å²) in [5, 5.41) is 5.94. The number of carbonyl (C=O) groups excluding carboxylic acids is 3. The number of rotatable bonds is 7. The molecule has 4 rings (SSSR count). The first-order valence-electron chi connectivity index (χ1n) is 10.6. The predicted octanol–water partition coefficient (Wildman–Crippen LogP) is 4.76. The lowest BCUT2D eigenvalue weighted by Crippen LogP contribution is -2.33. The third kappa shape index (κ3) is 5.70. The highest BCUT2D eigenvalue weighted by molar-refractivity contribution is 7.17. The summed E-state index contributed by atoms with van der Waals surface area (Å²) in [5.41, 5.74) is 2.64. The van der Waals surface area contributed by atoms with Crippen LogP contribution in [0.5, 0.6) is 5.75 Å². The van der Waals surface area contributed by atoms with Gasteiger partial charge in [-0.3, -0.25) is 14.4 Å². The Morgan fingerprint density at radius 3 is 2.71 bits per heavy atom. The van der Waals surface area contributed by atoms with Gasteiger partial charge in [0.2, 0.25) is 11.8 Å². The number of Topliss-reactive ketones (excluding diaryl/α,β-unsaturated/α-hetero) is 1. The van der Waals surface area contributed by atoms with Crippen LogP contribution in [-0.4, -0.2) is 35.2 Å². The molecule has 0 spiro atoms. The van der Waals surface area contributed by atoms with Gasteiger partial charge in [-0.05, 0) is 60.5 Å². The minimum absolute atomic E-state index is 0.0370. The molecule has 1 aliphatic heterocycles. The van der Waals surface area contributed by atoms with E-state index in [0.29, 0.717) is 34.4 Å². The number of ether oxygens (including phenoxy) is 1. The summed E-state index contributed by atoms with van der Waals surface area (Å²) >= 11 is 7.90. The van der Waals surface area contributed by atoms with Gasteiger partial charge in [0.25, 0.3) is 0 Å². The molecule has 2 aromatic heterocycles. The average molecular weight is 496 g/mol. The highest BCUT2D eigenvalue weighted by Crippen LogP contribution is 2.41. The summed E-state index contributed by atoms with van der Waals surface area (Å²) in [7, 11) is 0. The van der Waals surface area contributed by atoms with Crippen molar-refractivity contribution in [2.75, 3.05) is 11.9 Å². The normalized spacial score (nSPS) is 14.5. The quantitative estimate of drug-likeness (QED) is 0.364. The number of halogens is 1. The number of benzene rings is 1. The third-order valence-electron chi connectivity index (χ3n) is 5.11. The topological polar surface area (TPSA) is 97.4 Å². The molecule has 0 saturated heterocycles. The molecule has 7 nitrogen and oxygen atoms in total. The highest BCUT2D eigenvalue weighted by atomic mass is 35.5. The number of anilines is 1. The second-order valence-corrected chi connectivity index (χ2v) is 9.34. The van der Waals surface area contributed by atoms with Gasteiger partial charge in [-0.25, -0.2) is 4.98 Å². The molecule has 2 amide bonds. The first-order chi connectivity index (χ1) is 16.3. The number of fused-ring (bicyclic) bond motifs is 1. The number of amides is 2. The van der Waals surface area contributed by atoms with Crippen molar-refractivity contribution in [2.45, 2.75) is 26.4 Å². The summed E-state index contributed by atoms with van der Waals surface area (Å²) in [4.78, 5) is 40.7. The van der Waals surface area contributed by atoms with Crippen LogP contribution in [0.1, 0.15) is 34.6 Å². The molecule has 0 saturated carbocycles. The molecule has 34 heavy (non-hydrogen) atoms. The summed E-state index contributed by atoms with van der Waals surface area (Å²) in [6.45, 7) is 3.29. The standard InChI is InChI=1S/C25H22ClN3O4S/c1-14(30)21-5-6-22(34-21)17-9-18-10-19(33-25(18)20(26)11-17)13-28-24(32)8-4-16-3-7-23(27-12-16)29-15(2)31/h3-9,11-12,19H,10,13H2,1-2H3,(H,28,32)(H,27,29,31)/b8-4+. The Hall–Kier alpha value is -3.49. The molecule has 174 valence electrons. The van der Waals surface area contributed by atoms with E-state index in [9.17, 15) is 14.4 Å². The summed E-state index contributed by atoms with van der Waals surface area (Å²) in [6.07, 6.45) is 5.02. The molecule has 1 aromatic carbocycles. The zero-order valence-electron chi connectivity index (χ0n) is 18.6. The minimum Gasteiger partial charge on any atom is -0.486 e. The fourth-order valence-electron chi connectivity index (χ4n) is 3.53. The van der Waals surface area contributed by atoms with E-state index in [2.05, 4.69) is 15.6 Å². The van der Waals surface area contributed by atoms with E-state index < -0.39 is 0 Å². The minimum atomic E-state index is -0.257. The maximum Gasteiger partial charge on any atom is 0.244 e. The number of pyridine rings is 1. The highest BCUT2D eigenvalue weighted by Gasteiger charge is 2.26. The van der Waals surface area contributed by atoms with Crippen molar-refractivity contribution >= 4 is 52.4 Å². The van der Waals surface area contributed by atoms with Crippen molar-refractivity contribution in [3.63, 3.8) is 0 Å². The lowest BCUT2D eigenvalue weighted by molar-refractivity contribution is -0.117. The SMILES string of the molecule is CC(=O)Nc1ccc(/C=C/C(=O)NCC2Cc3cc(-c4ccc(C(C)=O)s4)cc(Cl)c3O2)cn1. The average Bonchev–Trinajstić information content (AvgIpc) is 3.44. The van der Waals surface area contributed by atoms with Crippen LogP contribution in [0.25, 0.3) is 16.5 Å². The zero-order valence-corrected chi connectivity index (χ0v) is 20.1. The van der Waals surface area contributed by atoms with E-state index in [1.165, 1.54) is 24.3 Å². The Bertz CT molecular complexity index is 1280. The van der Waals surface area contributed by atoms with Gasteiger partial charge in [0.1, 0.15) is 17.7 Å². The van der Waals surface area contributed by atoms with Crippen LogP contribution in [0.15, 0.2) is 48.7 Å². The molecule has 9 heteroatoms. The Kier molecular flexibility index (Phi) is 7.09. The summed E-state index contributed by atoms with van der Waals surface area (Å²) < 4.78 is 5.96. The Morgan fingerprint density at radius 2 is 2.03 bits per heavy atom. The predicted molar refractivity (Wildman–Crippen MR) is 133 cm³/mol. The fourth-order valence-corrected chi connectivity index (χ4v) is 4.70. The maximum atomic E-state index is 12.2. The fraction of sp³-hybridized carbons (Fsp3) is 0.200. The van der Waals surface area contributed by atoms with Gasteiger partial charge < -0.3 is 15.4 Å². The van der Waals surface area contributed by atoms with Crippen molar-refractivity contribution in [2.24, 2.45) is 0 Å². The molecule has 2 N–H and O–H groups in total. The number of nitrogens with zero attached hydrogens (tertiary/aromatic N) is 1. The molecule has 0 aliphatic carbocycles. The van der Waals surface area contributed by atoms with Crippen LogP contribution in [0.2, 0.25) is 5.02 Å². The van der Waals surface area contributed by atoms with Crippen molar-refractivity contribution in [1.29, 1.82) is 0 Å². The van der Waals surface area contributed by atoms with E-state index in [-0.39, 0.29) is 23.7 Å². The smallest absolute Gasteiger partial charge is 0.244 e. The number of ketones is 1. The van der Waals surface area contributed by atoms with E-state index in [1.807, 2.05) is 24.3 Å². The van der Waals surface area contributed by atoms with Gasteiger partial charge in [-0.1, -0.05) is 11.6 Å². The number of hydrogen-bond acceptors (Lipinski definition) is 6. The Labute approximate surface area is 205 Å². The molecule has 1 unspecified atom stereocenters. The molecule has 0 radical (unpaired) electrons. The molecule has 0 bridgehead atoms. The molecule has 0 fully saturated rings. The largest absolute Gasteiger partial charge is 0.486 e. The van der Waals surface area contributed by atoms with Gasteiger partial charge >= 0.3 is 0 Å². The number of thiophene rings is 1. The van der Waals surface area contributed by atoms with Gasteiger partial charge in [-0.15, -0.1) is 11.3 Å². The van der Waals surface area contributed by atoms with Crippen LogP contribution in [-0.2, 0) is 16.0 Å². The number of nitrogens with one attached hydrogen (secondary N) is 2. The zero-order chi connectivity index (χ0) is 24.2. The number of carbonyl (C=O) groups is 3. The van der Waals surface area contributed by atoms with Gasteiger partial charge in [0.15, 0.2) is 5.78 Å². The second-order valence-electron chi connectivity index (χ2n) is 7.85. The molecular weight excluding hydrogens is 474 g/mol. The Morgan fingerprint density at radius 1 is 1.21 bits per heavy atom. The summed E-state index contributed by atoms with van der Waals surface area (Å²) in [6, 6.07) is 11.0. The molecule has 1 aliphatic rings. The van der Waals surface area contributed by atoms with Gasteiger partial charge in [0, 0.05) is 36.1 Å². The first-order valence-corrected chi connectivity index (χ1v) is 11.8. The van der Waals surface area contributed by atoms with Crippen LogP contribution in [0.4, 0.5) is 5.82 Å². The van der Waals surface area contributed by atoms with Crippen molar-refractivity contribution in [3.8, 4) is 16.2 Å². The Balaban J connectivity index is 1.33. The van der Waals surface area contributed by atoms with Crippen molar-refractivity contribution in [3.05, 3.63) is 69.7 Å². The lowest BCUT2D eigenvalue weighted by Gasteiger charge is -2.11. The lowest BCUT2D eigenvalue weighted by atomic mass is 10.1. The van der Waals surface area contributed by atoms with Crippen molar-refractivity contribution < 1.29 is 19.1 Å². The summed E-state index contributed by atoms with van der Waals surface area (Å²) in [5.74, 6) is 0.668. The van der Waals surface area contributed by atoms with Crippen LogP contribution in [0, 0.1) is 0 Å². The number of hydrogen-bond donors (Lipinski definition) is 2. The van der Waals surface area contributed by atoms with Crippen LogP contribution in [0.3, 0.4) is 0 Å². The maximum absolute atomic E-state index is 12.2. The van der Waals surface area contributed by atoms with Crippen LogP contribution >= 0.6 is 22.9 Å².